The zero-order valence-electron chi connectivity index (χ0n) is 11.9. The van der Waals surface area contributed by atoms with E-state index in [2.05, 4.69) is 25.1 Å². The number of rotatable bonds is 3. The monoisotopic (exact) mass is 292 g/mol. The summed E-state index contributed by atoms with van der Waals surface area (Å²) in [5.41, 5.74) is 3.53. The third kappa shape index (κ3) is 2.90. The second-order valence-electron chi connectivity index (χ2n) is 4.98. The van der Waals surface area contributed by atoms with Crippen LogP contribution in [0, 0.1) is 6.92 Å². The normalized spacial score (nSPS) is 12.1. The van der Waals surface area contributed by atoms with Crippen LogP contribution in [0.1, 0.15) is 5.56 Å². The molecule has 0 bridgehead atoms. The van der Waals surface area contributed by atoms with Crippen LogP contribution in [0.3, 0.4) is 0 Å². The molecular weight excluding hydrogens is 275 g/mol. The molecule has 1 nitrogen and oxygen atoms in total. The molecule has 3 rings (SSSR count). The van der Waals surface area contributed by atoms with Crippen molar-refractivity contribution in [3.8, 4) is 11.1 Å². The van der Waals surface area contributed by atoms with Crippen LogP contribution in [0.25, 0.3) is 11.1 Å². The van der Waals surface area contributed by atoms with Crippen LogP contribution in [0.4, 0.5) is 0 Å². The summed E-state index contributed by atoms with van der Waals surface area (Å²) in [6, 6.07) is 26.3. The van der Waals surface area contributed by atoms with Crippen molar-refractivity contribution in [3.05, 3.63) is 84.4 Å². The Bertz CT molecular complexity index is 737. The van der Waals surface area contributed by atoms with E-state index in [-0.39, 0.29) is 0 Å². The van der Waals surface area contributed by atoms with Crippen LogP contribution in [0.5, 0.6) is 0 Å². The van der Waals surface area contributed by atoms with Crippen molar-refractivity contribution < 1.29 is 4.89 Å². The Kier molecular flexibility index (Phi) is 4.15. The third-order valence-corrected chi connectivity index (χ3v) is 5.20. The molecule has 1 N–H and O–H groups in total. The summed E-state index contributed by atoms with van der Waals surface area (Å²) in [6.07, 6.45) is 0. The van der Waals surface area contributed by atoms with Gasteiger partial charge >= 0.3 is 0 Å². The van der Waals surface area contributed by atoms with Crippen molar-refractivity contribution in [1.82, 2.24) is 0 Å². The van der Waals surface area contributed by atoms with Crippen LogP contribution < -0.4 is 10.6 Å². The summed E-state index contributed by atoms with van der Waals surface area (Å²) < 4.78 is 0. The average molecular weight is 292 g/mol. The Hall–Kier alpha value is -1.95. The molecule has 1 unspecified atom stereocenters. The molecule has 0 aliphatic rings. The quantitative estimate of drug-likeness (QED) is 0.723. The van der Waals surface area contributed by atoms with Crippen molar-refractivity contribution in [2.24, 2.45) is 0 Å². The van der Waals surface area contributed by atoms with E-state index in [1.807, 2.05) is 60.7 Å². The zero-order chi connectivity index (χ0) is 14.7. The standard InChI is InChI=1S/C19H17OP/c1-15-9-5-6-12-17(15)18-13-7-8-14-19(18)21(20)16-10-3-2-4-11-16/h2-14,20H,1H3. The van der Waals surface area contributed by atoms with Gasteiger partial charge in [-0.15, -0.1) is 0 Å². The smallest absolute Gasteiger partial charge is 0.0883 e. The number of hydrogen-bond donors (Lipinski definition) is 1. The van der Waals surface area contributed by atoms with Crippen LogP contribution in [-0.2, 0) is 0 Å². The van der Waals surface area contributed by atoms with Crippen molar-refractivity contribution in [1.29, 1.82) is 0 Å². The van der Waals surface area contributed by atoms with Crippen LogP contribution >= 0.6 is 8.15 Å². The highest BCUT2D eigenvalue weighted by molar-refractivity contribution is 7.67. The first-order chi connectivity index (χ1) is 10.3. The zero-order valence-corrected chi connectivity index (χ0v) is 12.8. The molecule has 1 atom stereocenters. The molecule has 3 aromatic rings. The van der Waals surface area contributed by atoms with E-state index >= 15 is 0 Å². The van der Waals surface area contributed by atoms with Gasteiger partial charge in [0.25, 0.3) is 0 Å². The molecule has 0 radical (unpaired) electrons. The topological polar surface area (TPSA) is 20.2 Å². The van der Waals surface area contributed by atoms with Gasteiger partial charge in [0.1, 0.15) is 0 Å². The number of benzene rings is 3. The summed E-state index contributed by atoms with van der Waals surface area (Å²) in [4.78, 5) is 10.8. The molecule has 0 spiro atoms. The van der Waals surface area contributed by atoms with Crippen LogP contribution in [-0.4, -0.2) is 4.89 Å². The first-order valence-corrected chi connectivity index (χ1v) is 8.26. The van der Waals surface area contributed by atoms with Gasteiger partial charge in [-0.1, -0.05) is 78.9 Å². The minimum atomic E-state index is -1.33. The van der Waals surface area contributed by atoms with Crippen molar-refractivity contribution in [2.75, 3.05) is 0 Å². The van der Waals surface area contributed by atoms with Gasteiger partial charge in [0, 0.05) is 10.6 Å². The summed E-state index contributed by atoms with van der Waals surface area (Å²) in [5, 5.41) is 1.99. The average Bonchev–Trinajstić information content (AvgIpc) is 2.55. The largest absolute Gasteiger partial charge is 0.364 e. The highest BCUT2D eigenvalue weighted by Crippen LogP contribution is 2.34. The SMILES string of the molecule is Cc1ccccc1-c1ccccc1P(O)c1ccccc1. The maximum absolute atomic E-state index is 10.8. The summed E-state index contributed by atoms with van der Waals surface area (Å²) >= 11 is 0. The summed E-state index contributed by atoms with van der Waals surface area (Å²) in [6.45, 7) is 2.11. The molecule has 0 fully saturated rings. The fourth-order valence-electron chi connectivity index (χ4n) is 2.47. The van der Waals surface area contributed by atoms with Crippen molar-refractivity contribution in [3.63, 3.8) is 0 Å². The highest BCUT2D eigenvalue weighted by Gasteiger charge is 2.16. The minimum Gasteiger partial charge on any atom is -0.364 e. The maximum atomic E-state index is 10.8. The van der Waals surface area contributed by atoms with E-state index in [9.17, 15) is 4.89 Å². The lowest BCUT2D eigenvalue weighted by molar-refractivity contribution is 0.645. The van der Waals surface area contributed by atoms with Gasteiger partial charge in [-0.2, -0.15) is 0 Å². The van der Waals surface area contributed by atoms with E-state index in [0.717, 1.165) is 16.2 Å². The fourth-order valence-corrected chi connectivity index (χ4v) is 3.85. The number of hydrogen-bond acceptors (Lipinski definition) is 1. The Morgan fingerprint density at radius 1 is 0.667 bits per heavy atom. The van der Waals surface area contributed by atoms with Gasteiger partial charge in [0.15, 0.2) is 0 Å². The third-order valence-electron chi connectivity index (χ3n) is 3.57. The molecule has 0 aromatic heterocycles. The highest BCUT2D eigenvalue weighted by atomic mass is 31.1. The molecule has 0 amide bonds. The van der Waals surface area contributed by atoms with Gasteiger partial charge in [-0.25, -0.2) is 0 Å². The lowest BCUT2D eigenvalue weighted by Gasteiger charge is -2.17. The van der Waals surface area contributed by atoms with E-state index in [1.54, 1.807) is 0 Å². The predicted molar refractivity (Wildman–Crippen MR) is 91.5 cm³/mol. The first-order valence-electron chi connectivity index (χ1n) is 6.96. The molecule has 21 heavy (non-hydrogen) atoms. The molecule has 3 aromatic carbocycles. The Labute approximate surface area is 126 Å². The van der Waals surface area contributed by atoms with Gasteiger partial charge < -0.3 is 4.89 Å². The molecular formula is C19H17OP. The molecule has 2 heteroatoms. The predicted octanol–water partition coefficient (Wildman–Crippen LogP) is 4.00. The van der Waals surface area contributed by atoms with Gasteiger partial charge in [0.2, 0.25) is 0 Å². The van der Waals surface area contributed by atoms with Crippen LogP contribution in [0.15, 0.2) is 78.9 Å². The molecule has 104 valence electrons. The Balaban J connectivity index is 2.11. The second kappa shape index (κ2) is 6.22. The Morgan fingerprint density at radius 2 is 1.24 bits per heavy atom. The molecule has 0 heterocycles. The van der Waals surface area contributed by atoms with Crippen LogP contribution in [0.2, 0.25) is 0 Å². The minimum absolute atomic E-state index is 0.980. The Morgan fingerprint density at radius 3 is 1.95 bits per heavy atom. The first kappa shape index (κ1) is 14.0. The van der Waals surface area contributed by atoms with Crippen molar-refractivity contribution in [2.45, 2.75) is 6.92 Å². The number of aryl methyl sites for hydroxylation is 1. The lowest BCUT2D eigenvalue weighted by atomic mass is 10.0. The molecule has 0 saturated carbocycles. The fraction of sp³-hybridized carbons (Fsp3) is 0.0526. The van der Waals surface area contributed by atoms with E-state index in [4.69, 9.17) is 0 Å². The molecule has 0 saturated heterocycles. The lowest BCUT2D eigenvalue weighted by Crippen LogP contribution is -2.13. The van der Waals surface area contributed by atoms with E-state index < -0.39 is 8.15 Å². The van der Waals surface area contributed by atoms with Gasteiger partial charge in [-0.05, 0) is 23.6 Å². The van der Waals surface area contributed by atoms with Crippen molar-refractivity contribution >= 4 is 18.8 Å². The van der Waals surface area contributed by atoms with Gasteiger partial charge in [0.05, 0.1) is 8.15 Å². The summed E-state index contributed by atoms with van der Waals surface area (Å²) in [5.74, 6) is 0. The van der Waals surface area contributed by atoms with Gasteiger partial charge in [-0.3, -0.25) is 0 Å². The van der Waals surface area contributed by atoms with E-state index in [1.165, 1.54) is 11.1 Å². The maximum Gasteiger partial charge on any atom is 0.0883 e. The summed E-state index contributed by atoms with van der Waals surface area (Å²) in [7, 11) is -1.33. The molecule has 0 aliphatic carbocycles. The molecule has 0 aliphatic heterocycles. The second-order valence-corrected chi connectivity index (χ2v) is 6.60. The van der Waals surface area contributed by atoms with E-state index in [0.29, 0.717) is 0 Å².